The van der Waals surface area contributed by atoms with Crippen LogP contribution in [0.1, 0.15) is 54.4 Å². The molecular weight excluding hydrogens is 665 g/mol. The number of rotatable bonds is 10. The molecule has 268 valence electrons. The van der Waals surface area contributed by atoms with Gasteiger partial charge in [0, 0.05) is 19.7 Å². The molecule has 2 N–H and O–H groups in total. The molecule has 3 aliphatic heterocycles. The van der Waals surface area contributed by atoms with E-state index in [2.05, 4.69) is 0 Å². The highest BCUT2D eigenvalue weighted by molar-refractivity contribution is 5.91. The second-order valence-electron chi connectivity index (χ2n) is 12.6. The van der Waals surface area contributed by atoms with Crippen LogP contribution in [0.15, 0.2) is 42.5 Å². The number of piperazine rings is 1. The molecule has 2 aromatic rings. The molecular formula is C33H37F7N4O5. The van der Waals surface area contributed by atoms with Crippen LogP contribution in [-0.4, -0.2) is 83.7 Å². The van der Waals surface area contributed by atoms with Gasteiger partial charge in [-0.1, -0.05) is 12.1 Å². The number of unbranched alkanes of at least 4 members (excludes halogenated alkanes) is 1. The summed E-state index contributed by atoms with van der Waals surface area (Å²) in [6.45, 7) is -0.200. The van der Waals surface area contributed by atoms with Crippen molar-refractivity contribution in [2.24, 2.45) is 11.7 Å². The minimum absolute atomic E-state index is 0.0218. The van der Waals surface area contributed by atoms with Crippen molar-refractivity contribution in [3.63, 3.8) is 0 Å². The first-order valence-corrected chi connectivity index (χ1v) is 16.0. The second-order valence-corrected chi connectivity index (χ2v) is 12.6. The first-order valence-electron chi connectivity index (χ1n) is 16.0. The quantitative estimate of drug-likeness (QED) is 0.265. The number of alkyl halides is 6. The summed E-state index contributed by atoms with van der Waals surface area (Å²) in [5, 5.41) is 0. The van der Waals surface area contributed by atoms with Crippen LogP contribution in [0.4, 0.5) is 35.5 Å². The number of benzene rings is 2. The molecule has 3 saturated heterocycles. The van der Waals surface area contributed by atoms with E-state index < -0.39 is 71.6 Å². The number of fused-ring (bicyclic) bond motifs is 1. The molecule has 5 rings (SSSR count). The summed E-state index contributed by atoms with van der Waals surface area (Å²) in [5.74, 6) is -2.18. The van der Waals surface area contributed by atoms with Crippen LogP contribution in [-0.2, 0) is 44.4 Å². The van der Waals surface area contributed by atoms with E-state index in [1.54, 1.807) is 0 Å². The van der Waals surface area contributed by atoms with Gasteiger partial charge in [0.05, 0.1) is 29.7 Å². The zero-order valence-corrected chi connectivity index (χ0v) is 26.4. The van der Waals surface area contributed by atoms with Gasteiger partial charge in [0.25, 0.3) is 0 Å². The van der Waals surface area contributed by atoms with Crippen molar-refractivity contribution in [2.75, 3.05) is 32.8 Å². The predicted molar refractivity (Wildman–Crippen MR) is 160 cm³/mol. The smallest absolute Gasteiger partial charge is 0.416 e. The van der Waals surface area contributed by atoms with E-state index in [1.165, 1.54) is 39.0 Å². The fraction of sp³-hybridized carbons (Fsp3) is 0.545. The number of carbonyl (C=O) groups is 3. The third-order valence-electron chi connectivity index (χ3n) is 9.04. The van der Waals surface area contributed by atoms with Crippen LogP contribution in [0.25, 0.3) is 0 Å². The lowest BCUT2D eigenvalue weighted by atomic mass is 9.90. The summed E-state index contributed by atoms with van der Waals surface area (Å²) < 4.78 is 105. The standard InChI is InChI=1S/C33H37F7N4O5/c34-25-8-6-20(7-9-25)12-22-16-43(31(47)49-19-21-13-23(32(35,36)37)15-24(14-21)33(38,39)40)28-18-42(17-26-4-3-11-48-26)30(46)27(5-1-2-10-41)44(28)29(22)45/h6-9,13-15,22,26-28H,1-5,10-12,16-19,41H2/t22-,26?,27-,28+/m0/s1. The monoisotopic (exact) mass is 702 g/mol. The number of ether oxygens (including phenoxy) is 2. The van der Waals surface area contributed by atoms with Gasteiger partial charge in [0.1, 0.15) is 24.6 Å². The number of nitrogens with zero attached hydrogens (tertiary/aromatic N) is 3. The van der Waals surface area contributed by atoms with Crippen LogP contribution in [0.3, 0.4) is 0 Å². The van der Waals surface area contributed by atoms with Crippen molar-refractivity contribution in [3.05, 3.63) is 70.5 Å². The third kappa shape index (κ3) is 8.63. The lowest BCUT2D eigenvalue weighted by molar-refractivity contribution is -0.174. The third-order valence-corrected chi connectivity index (χ3v) is 9.04. The predicted octanol–water partition coefficient (Wildman–Crippen LogP) is 5.35. The molecule has 0 bridgehead atoms. The molecule has 3 amide bonds. The number of nitrogens with two attached hydrogens (primary N) is 1. The highest BCUT2D eigenvalue weighted by Crippen LogP contribution is 2.37. The zero-order valence-electron chi connectivity index (χ0n) is 26.4. The van der Waals surface area contributed by atoms with Gasteiger partial charge in [-0.3, -0.25) is 14.5 Å². The number of carbonyl (C=O) groups excluding carboxylic acids is 3. The molecule has 16 heteroatoms. The minimum atomic E-state index is -5.10. The molecule has 0 spiro atoms. The van der Waals surface area contributed by atoms with Gasteiger partial charge in [0.2, 0.25) is 11.8 Å². The molecule has 3 heterocycles. The molecule has 3 fully saturated rings. The van der Waals surface area contributed by atoms with E-state index in [9.17, 15) is 45.1 Å². The van der Waals surface area contributed by atoms with Gasteiger partial charge < -0.3 is 25.0 Å². The Morgan fingerprint density at radius 1 is 0.918 bits per heavy atom. The van der Waals surface area contributed by atoms with Crippen molar-refractivity contribution in [1.29, 1.82) is 0 Å². The Labute approximate surface area is 278 Å². The Hall–Kier alpha value is -3.92. The van der Waals surface area contributed by atoms with Crippen LogP contribution in [0, 0.1) is 11.7 Å². The van der Waals surface area contributed by atoms with Crippen LogP contribution in [0.5, 0.6) is 0 Å². The molecule has 49 heavy (non-hydrogen) atoms. The SMILES string of the molecule is NCCCC[C@H]1C(=O)N(CC2CCCO2)C[C@@H]2N(C(=O)OCc3cc(C(F)(F)F)cc(C(F)(F)F)c3)C[C@H](Cc3ccc(F)cc3)C(=O)N21. The summed E-state index contributed by atoms with van der Waals surface area (Å²) >= 11 is 0. The Balaban J connectivity index is 1.46. The maximum absolute atomic E-state index is 14.1. The van der Waals surface area contributed by atoms with Gasteiger partial charge in [-0.05, 0) is 86.5 Å². The summed E-state index contributed by atoms with van der Waals surface area (Å²) in [5.41, 5.74) is 2.60. The molecule has 2 aromatic carbocycles. The topological polar surface area (TPSA) is 105 Å². The number of hydrogen-bond acceptors (Lipinski definition) is 6. The van der Waals surface area contributed by atoms with Crippen molar-refractivity contribution in [1.82, 2.24) is 14.7 Å². The number of amides is 3. The summed E-state index contributed by atoms with van der Waals surface area (Å²) in [4.78, 5) is 45.9. The lowest BCUT2D eigenvalue weighted by Crippen LogP contribution is -2.73. The van der Waals surface area contributed by atoms with Gasteiger partial charge >= 0.3 is 18.4 Å². The molecule has 9 nitrogen and oxygen atoms in total. The van der Waals surface area contributed by atoms with Crippen molar-refractivity contribution in [3.8, 4) is 0 Å². The van der Waals surface area contributed by atoms with Gasteiger partial charge in [-0.25, -0.2) is 9.18 Å². The Kier molecular flexibility index (Phi) is 11.1. The minimum Gasteiger partial charge on any atom is -0.444 e. The normalized spacial score (nSPS) is 23.2. The Morgan fingerprint density at radius 3 is 2.18 bits per heavy atom. The van der Waals surface area contributed by atoms with Crippen LogP contribution < -0.4 is 5.73 Å². The van der Waals surface area contributed by atoms with Crippen molar-refractivity contribution >= 4 is 17.9 Å². The fourth-order valence-electron chi connectivity index (χ4n) is 6.64. The molecule has 0 aromatic heterocycles. The second kappa shape index (κ2) is 14.9. The lowest BCUT2D eigenvalue weighted by Gasteiger charge is -2.54. The molecule has 1 unspecified atom stereocenters. The highest BCUT2D eigenvalue weighted by atomic mass is 19.4. The maximum Gasteiger partial charge on any atom is 0.416 e. The van der Waals surface area contributed by atoms with E-state index in [1.807, 2.05) is 0 Å². The van der Waals surface area contributed by atoms with Crippen molar-refractivity contribution < 1.29 is 54.6 Å². The van der Waals surface area contributed by atoms with E-state index in [4.69, 9.17) is 15.2 Å². The van der Waals surface area contributed by atoms with E-state index >= 15 is 0 Å². The first-order chi connectivity index (χ1) is 23.2. The fourth-order valence-corrected chi connectivity index (χ4v) is 6.64. The first kappa shape index (κ1) is 36.4. The highest BCUT2D eigenvalue weighted by Gasteiger charge is 2.52. The van der Waals surface area contributed by atoms with E-state index in [0.717, 1.165) is 6.42 Å². The number of halogens is 7. The van der Waals surface area contributed by atoms with E-state index in [0.29, 0.717) is 50.1 Å². The van der Waals surface area contributed by atoms with Crippen molar-refractivity contribution in [2.45, 2.75) is 75.8 Å². The Bertz CT molecular complexity index is 1470. The Morgan fingerprint density at radius 2 is 1.59 bits per heavy atom. The van der Waals surface area contributed by atoms with Gasteiger partial charge in [-0.15, -0.1) is 0 Å². The van der Waals surface area contributed by atoms with Crippen LogP contribution in [0.2, 0.25) is 0 Å². The largest absolute Gasteiger partial charge is 0.444 e. The van der Waals surface area contributed by atoms with Gasteiger partial charge in [0.15, 0.2) is 0 Å². The molecule has 0 radical (unpaired) electrons. The zero-order chi connectivity index (χ0) is 35.5. The molecule has 4 atom stereocenters. The summed E-state index contributed by atoms with van der Waals surface area (Å²) in [7, 11) is 0. The van der Waals surface area contributed by atoms with Crippen LogP contribution >= 0.6 is 0 Å². The van der Waals surface area contributed by atoms with E-state index in [-0.39, 0.29) is 50.6 Å². The number of hydrogen-bond donors (Lipinski definition) is 1. The molecule has 3 aliphatic rings. The average molecular weight is 703 g/mol. The maximum atomic E-state index is 14.1. The molecule has 0 saturated carbocycles. The average Bonchev–Trinajstić information content (AvgIpc) is 3.56. The molecule has 0 aliphatic carbocycles. The summed E-state index contributed by atoms with van der Waals surface area (Å²) in [6, 6.07) is 5.33. The van der Waals surface area contributed by atoms with Gasteiger partial charge in [-0.2, -0.15) is 26.3 Å². The summed E-state index contributed by atoms with van der Waals surface area (Å²) in [6.07, 6.45) is -9.74.